The maximum atomic E-state index is 5.90. The predicted octanol–water partition coefficient (Wildman–Crippen LogP) is 4.05. The van der Waals surface area contributed by atoms with Crippen molar-refractivity contribution in [3.05, 3.63) is 47.1 Å². The zero-order valence-corrected chi connectivity index (χ0v) is 10.0. The smallest absolute Gasteiger partial charge is 0.0737 e. The second-order valence-corrected chi connectivity index (χ2v) is 4.36. The number of hydrogen-bond acceptors (Lipinski definition) is 2. The van der Waals surface area contributed by atoms with Gasteiger partial charge in [-0.3, -0.25) is 4.98 Å². The van der Waals surface area contributed by atoms with Crippen molar-refractivity contribution in [2.45, 2.75) is 0 Å². The number of aromatic nitrogens is 1. The van der Waals surface area contributed by atoms with Crippen molar-refractivity contribution >= 4 is 39.8 Å². The molecule has 1 aromatic heterocycles. The van der Waals surface area contributed by atoms with E-state index in [1.54, 1.807) is 6.20 Å². The van der Waals surface area contributed by atoms with Crippen molar-refractivity contribution in [2.24, 2.45) is 0 Å². The van der Waals surface area contributed by atoms with Gasteiger partial charge in [0.1, 0.15) is 0 Å². The van der Waals surface area contributed by atoms with E-state index < -0.39 is 0 Å². The lowest BCUT2D eigenvalue weighted by atomic mass is 10.2. The minimum atomic E-state index is 0.531. The molecule has 0 spiro atoms. The monoisotopic (exact) mass is 252 g/mol. The summed E-state index contributed by atoms with van der Waals surface area (Å²) in [5.41, 5.74) is 1.83. The Hall–Kier alpha value is -1.25. The molecule has 0 radical (unpaired) electrons. The average molecular weight is 253 g/mol. The number of nitrogens with one attached hydrogen (secondary N) is 1. The Morgan fingerprint density at radius 2 is 2.19 bits per heavy atom. The van der Waals surface area contributed by atoms with Gasteiger partial charge in [-0.15, -0.1) is 0 Å². The van der Waals surface area contributed by atoms with Gasteiger partial charge in [0, 0.05) is 27.3 Å². The van der Waals surface area contributed by atoms with Gasteiger partial charge in [0.25, 0.3) is 0 Å². The van der Waals surface area contributed by atoms with Crippen LogP contribution < -0.4 is 5.32 Å². The van der Waals surface area contributed by atoms with E-state index in [9.17, 15) is 0 Å². The van der Waals surface area contributed by atoms with E-state index in [0.29, 0.717) is 16.6 Å². The molecule has 4 heteroatoms. The highest BCUT2D eigenvalue weighted by Crippen LogP contribution is 2.24. The first-order valence-electron chi connectivity index (χ1n) is 4.78. The quantitative estimate of drug-likeness (QED) is 0.892. The zero-order chi connectivity index (χ0) is 11.5. The van der Waals surface area contributed by atoms with Crippen LogP contribution in [0.25, 0.3) is 10.9 Å². The Morgan fingerprint density at radius 3 is 2.94 bits per heavy atom. The van der Waals surface area contributed by atoms with E-state index in [-0.39, 0.29) is 0 Å². The number of anilines is 1. The number of rotatable bonds is 3. The Labute approximate surface area is 104 Å². The molecule has 1 heterocycles. The van der Waals surface area contributed by atoms with Crippen LogP contribution in [0.15, 0.2) is 42.1 Å². The van der Waals surface area contributed by atoms with E-state index in [1.807, 2.05) is 24.3 Å². The molecular formula is C12H10Cl2N2. The first-order valence-corrected chi connectivity index (χ1v) is 5.54. The van der Waals surface area contributed by atoms with Gasteiger partial charge in [-0.05, 0) is 24.3 Å². The SMILES string of the molecule is C=C(Cl)CNc1ccnc2cc(Cl)ccc12. The third-order valence-corrected chi connectivity index (χ3v) is 2.54. The minimum Gasteiger partial charge on any atom is -0.380 e. The third kappa shape index (κ3) is 2.46. The number of nitrogens with zero attached hydrogens (tertiary/aromatic N) is 1. The highest BCUT2D eigenvalue weighted by molar-refractivity contribution is 6.31. The van der Waals surface area contributed by atoms with Gasteiger partial charge in [0.15, 0.2) is 0 Å². The number of halogens is 2. The average Bonchev–Trinajstić information content (AvgIpc) is 2.25. The summed E-state index contributed by atoms with van der Waals surface area (Å²) in [7, 11) is 0. The van der Waals surface area contributed by atoms with Crippen LogP contribution in [0, 0.1) is 0 Å². The summed E-state index contributed by atoms with van der Waals surface area (Å²) in [6.07, 6.45) is 1.73. The fourth-order valence-corrected chi connectivity index (χ4v) is 1.70. The molecule has 0 bridgehead atoms. The summed E-state index contributed by atoms with van der Waals surface area (Å²) >= 11 is 11.6. The van der Waals surface area contributed by atoms with Gasteiger partial charge in [-0.1, -0.05) is 29.8 Å². The molecule has 0 atom stereocenters. The van der Waals surface area contributed by atoms with Gasteiger partial charge < -0.3 is 5.32 Å². The van der Waals surface area contributed by atoms with Crippen LogP contribution in [-0.4, -0.2) is 11.5 Å². The molecule has 0 aliphatic rings. The maximum Gasteiger partial charge on any atom is 0.0737 e. The van der Waals surface area contributed by atoms with Crippen molar-refractivity contribution in [1.29, 1.82) is 0 Å². The Morgan fingerprint density at radius 1 is 1.38 bits per heavy atom. The van der Waals surface area contributed by atoms with Crippen LogP contribution in [-0.2, 0) is 0 Å². The summed E-state index contributed by atoms with van der Waals surface area (Å²) in [6, 6.07) is 7.50. The van der Waals surface area contributed by atoms with E-state index in [4.69, 9.17) is 23.2 Å². The fraction of sp³-hybridized carbons (Fsp3) is 0.0833. The van der Waals surface area contributed by atoms with Crippen molar-refractivity contribution in [3.63, 3.8) is 0 Å². The first kappa shape index (κ1) is 11.2. The summed E-state index contributed by atoms with van der Waals surface area (Å²) < 4.78 is 0. The lowest BCUT2D eigenvalue weighted by molar-refractivity contribution is 1.31. The molecule has 0 aliphatic carbocycles. The molecule has 1 N–H and O–H groups in total. The normalized spacial score (nSPS) is 10.4. The molecule has 2 rings (SSSR count). The Bertz CT molecular complexity index is 538. The first-order chi connectivity index (χ1) is 7.66. The number of pyridine rings is 1. The fourth-order valence-electron chi connectivity index (χ4n) is 1.47. The van der Waals surface area contributed by atoms with E-state index >= 15 is 0 Å². The molecule has 2 aromatic rings. The van der Waals surface area contributed by atoms with Gasteiger partial charge >= 0.3 is 0 Å². The Balaban J connectivity index is 2.41. The van der Waals surface area contributed by atoms with Crippen molar-refractivity contribution < 1.29 is 0 Å². The third-order valence-electron chi connectivity index (χ3n) is 2.18. The van der Waals surface area contributed by atoms with Crippen LogP contribution in [0.4, 0.5) is 5.69 Å². The van der Waals surface area contributed by atoms with Crippen molar-refractivity contribution in [2.75, 3.05) is 11.9 Å². The van der Waals surface area contributed by atoms with E-state index in [2.05, 4.69) is 16.9 Å². The molecule has 0 amide bonds. The molecule has 2 nitrogen and oxygen atoms in total. The van der Waals surface area contributed by atoms with Crippen LogP contribution >= 0.6 is 23.2 Å². The van der Waals surface area contributed by atoms with Crippen LogP contribution in [0.3, 0.4) is 0 Å². The molecule has 0 fully saturated rings. The largest absolute Gasteiger partial charge is 0.380 e. The lowest BCUT2D eigenvalue weighted by Crippen LogP contribution is -2.01. The van der Waals surface area contributed by atoms with E-state index in [0.717, 1.165) is 16.6 Å². The van der Waals surface area contributed by atoms with Gasteiger partial charge in [-0.2, -0.15) is 0 Å². The second-order valence-electron chi connectivity index (χ2n) is 3.39. The highest BCUT2D eigenvalue weighted by Gasteiger charge is 2.02. The second kappa shape index (κ2) is 4.73. The number of hydrogen-bond donors (Lipinski definition) is 1. The van der Waals surface area contributed by atoms with Gasteiger partial charge in [-0.25, -0.2) is 0 Å². The maximum absolute atomic E-state index is 5.90. The Kier molecular flexibility index (Phi) is 3.32. The molecule has 0 unspecified atom stereocenters. The lowest BCUT2D eigenvalue weighted by Gasteiger charge is -2.08. The topological polar surface area (TPSA) is 24.9 Å². The molecule has 0 saturated carbocycles. The summed E-state index contributed by atoms with van der Waals surface area (Å²) in [5.74, 6) is 0. The van der Waals surface area contributed by atoms with Gasteiger partial charge in [0.2, 0.25) is 0 Å². The highest BCUT2D eigenvalue weighted by atomic mass is 35.5. The summed E-state index contributed by atoms with van der Waals surface area (Å²) in [5, 5.41) is 5.46. The standard InChI is InChI=1S/C12H10Cl2N2/c1-8(13)7-16-11-4-5-15-12-6-9(14)2-3-10(11)12/h2-6H,1,7H2,(H,15,16). The molecule has 82 valence electrons. The van der Waals surface area contributed by atoms with Crippen LogP contribution in [0.2, 0.25) is 5.02 Å². The molecule has 16 heavy (non-hydrogen) atoms. The van der Waals surface area contributed by atoms with Crippen LogP contribution in [0.1, 0.15) is 0 Å². The number of benzene rings is 1. The van der Waals surface area contributed by atoms with E-state index in [1.165, 1.54) is 0 Å². The molecule has 0 aliphatic heterocycles. The summed E-state index contributed by atoms with van der Waals surface area (Å²) in [6.45, 7) is 4.16. The minimum absolute atomic E-state index is 0.531. The van der Waals surface area contributed by atoms with Crippen molar-refractivity contribution in [1.82, 2.24) is 4.98 Å². The van der Waals surface area contributed by atoms with Crippen LogP contribution in [0.5, 0.6) is 0 Å². The molecule has 0 saturated heterocycles. The van der Waals surface area contributed by atoms with Gasteiger partial charge in [0.05, 0.1) is 12.1 Å². The molecule has 1 aromatic carbocycles. The zero-order valence-electron chi connectivity index (χ0n) is 8.50. The summed E-state index contributed by atoms with van der Waals surface area (Å²) in [4.78, 5) is 4.25. The van der Waals surface area contributed by atoms with Crippen molar-refractivity contribution in [3.8, 4) is 0 Å². The number of fused-ring (bicyclic) bond motifs is 1. The predicted molar refractivity (Wildman–Crippen MR) is 70.2 cm³/mol. The molecular weight excluding hydrogens is 243 g/mol.